The molecule has 0 atom stereocenters. The lowest BCUT2D eigenvalue weighted by Crippen LogP contribution is -2.41. The van der Waals surface area contributed by atoms with Gasteiger partial charge in [-0.25, -0.2) is 0 Å². The van der Waals surface area contributed by atoms with Crippen LogP contribution in [0.2, 0.25) is 0 Å². The molecule has 0 unspecified atom stereocenters. The predicted octanol–water partition coefficient (Wildman–Crippen LogP) is 8.50. The minimum atomic E-state index is 0.579. The normalized spacial score (nSPS) is 11.2. The van der Waals surface area contributed by atoms with Crippen molar-refractivity contribution in [2.75, 3.05) is 40.3 Å². The minimum Gasteiger partial charge on any atom is -0.411 e. The van der Waals surface area contributed by atoms with Gasteiger partial charge in [-0.3, -0.25) is 0 Å². The van der Waals surface area contributed by atoms with Gasteiger partial charge in [0.15, 0.2) is 0 Å². The van der Waals surface area contributed by atoms with E-state index >= 15 is 0 Å². The molecule has 0 bridgehead atoms. The topological polar surface area (TPSA) is 3.24 Å². The molecule has 0 heterocycles. The molecule has 0 aliphatic rings. The van der Waals surface area contributed by atoms with Crippen molar-refractivity contribution in [3.8, 4) is 0 Å². The molecule has 188 valence electrons. The third kappa shape index (κ3) is 26.2. The van der Waals surface area contributed by atoms with Crippen LogP contribution in [0.4, 0.5) is 0 Å². The van der Waals surface area contributed by atoms with E-state index in [2.05, 4.69) is 27.9 Å². The highest BCUT2D eigenvalue weighted by molar-refractivity contribution is 8.00. The molecule has 0 saturated heterocycles. The summed E-state index contributed by atoms with van der Waals surface area (Å²) in [6.07, 6.45) is 23.0. The van der Waals surface area contributed by atoms with E-state index in [1.807, 2.05) is 18.7 Å². The molecule has 0 aliphatic carbocycles. The first-order chi connectivity index (χ1) is 14.8. The van der Waals surface area contributed by atoms with Crippen LogP contribution in [0.5, 0.6) is 0 Å². The molecule has 0 radical (unpaired) electrons. The van der Waals surface area contributed by atoms with E-state index in [9.17, 15) is 0 Å². The van der Waals surface area contributed by atoms with Crippen molar-refractivity contribution in [2.45, 2.75) is 130 Å². The van der Waals surface area contributed by atoms with Gasteiger partial charge in [0.25, 0.3) is 0 Å². The predicted molar refractivity (Wildman–Crippen MR) is 150 cm³/mol. The Balaban J connectivity index is 0. The molecule has 31 heavy (non-hydrogen) atoms. The molecule has 0 aromatic carbocycles. The summed E-state index contributed by atoms with van der Waals surface area (Å²) in [5, 5.41) is 0. The van der Waals surface area contributed by atoms with E-state index < -0.39 is 0 Å². The first-order valence-corrected chi connectivity index (χ1v) is 14.4. The van der Waals surface area contributed by atoms with Gasteiger partial charge in [-0.05, 0) is 39.5 Å². The number of unbranched alkanes of at least 4 members (excludes halogenated alkanes) is 14. The summed E-state index contributed by atoms with van der Waals surface area (Å²) in [6, 6.07) is 0. The maximum atomic E-state index is 4.76. The van der Waals surface area contributed by atoms with Crippen molar-refractivity contribution < 1.29 is 4.48 Å². The maximum absolute atomic E-state index is 4.76. The van der Waals surface area contributed by atoms with Crippen molar-refractivity contribution in [2.24, 2.45) is 0 Å². The summed E-state index contributed by atoms with van der Waals surface area (Å²) >= 11 is 9.51. The van der Waals surface area contributed by atoms with Crippen molar-refractivity contribution in [3.05, 3.63) is 0 Å². The van der Waals surface area contributed by atoms with Gasteiger partial charge >= 0.3 is 0 Å². The van der Waals surface area contributed by atoms with Crippen molar-refractivity contribution in [1.29, 1.82) is 0 Å². The highest BCUT2D eigenvalue weighted by atomic mass is 32.1. The Kier molecular flexibility index (Phi) is 26.5. The molecule has 0 amide bonds. The average molecular weight is 475 g/mol. The molecule has 0 aliphatic heterocycles. The summed E-state index contributed by atoms with van der Waals surface area (Å²) in [7, 11) is 4.87. The zero-order chi connectivity index (χ0) is 23.8. The van der Waals surface area contributed by atoms with Gasteiger partial charge < -0.3 is 34.2 Å². The smallest absolute Gasteiger partial charge is 0.0782 e. The van der Waals surface area contributed by atoms with Crippen LogP contribution in [0.15, 0.2) is 0 Å². The van der Waals surface area contributed by atoms with Gasteiger partial charge in [0.1, 0.15) is 0 Å². The van der Waals surface area contributed by atoms with Crippen LogP contribution in [-0.2, 0) is 12.6 Å². The SMILES string of the molecule is CCCCCCCCCC[N+](C)(C)CCCCCCCCCC.CCN(CC)C(=S)[S-]. The number of thiocarbonyl (C=S) groups is 1. The highest BCUT2D eigenvalue weighted by Gasteiger charge is 2.13. The summed E-state index contributed by atoms with van der Waals surface area (Å²) in [4.78, 5) is 1.96. The quantitative estimate of drug-likeness (QED) is 0.0753. The van der Waals surface area contributed by atoms with E-state index in [0.717, 1.165) is 13.1 Å². The molecular weight excluding hydrogens is 416 g/mol. The van der Waals surface area contributed by atoms with Gasteiger partial charge in [0.2, 0.25) is 0 Å². The Bertz CT molecular complexity index is 346. The summed E-state index contributed by atoms with van der Waals surface area (Å²) in [6.45, 7) is 13.3. The van der Waals surface area contributed by atoms with E-state index in [4.69, 9.17) is 24.8 Å². The van der Waals surface area contributed by atoms with Gasteiger partial charge in [0, 0.05) is 13.1 Å². The minimum absolute atomic E-state index is 0.579. The zero-order valence-electron chi connectivity index (χ0n) is 22.4. The molecule has 0 aromatic rings. The molecule has 2 nitrogen and oxygen atoms in total. The van der Waals surface area contributed by atoms with E-state index in [0.29, 0.717) is 4.32 Å². The summed E-state index contributed by atoms with van der Waals surface area (Å²) in [5.41, 5.74) is 0. The first-order valence-electron chi connectivity index (χ1n) is 13.6. The third-order valence-electron chi connectivity index (χ3n) is 6.26. The molecule has 0 aromatic heterocycles. The van der Waals surface area contributed by atoms with Crippen molar-refractivity contribution in [3.63, 3.8) is 0 Å². The van der Waals surface area contributed by atoms with Crippen LogP contribution < -0.4 is 0 Å². The number of rotatable bonds is 20. The summed E-state index contributed by atoms with van der Waals surface area (Å²) in [5.74, 6) is 0. The standard InChI is InChI=1S/C22H48N.C5H11NS2/c1-5-7-9-11-13-15-17-19-21-23(3,4)22-20-18-16-14-12-10-8-6-2;1-3-6(4-2)5(7)8/h5-22H2,1-4H3;3-4H2,1-2H3,(H,7,8)/q+1;/p-1. The number of hydrogen-bond donors (Lipinski definition) is 0. The number of nitrogens with zero attached hydrogens (tertiary/aromatic N) is 2. The second-order valence-electron chi connectivity index (χ2n) is 9.77. The highest BCUT2D eigenvalue weighted by Crippen LogP contribution is 2.13. The third-order valence-corrected chi connectivity index (χ3v) is 6.77. The molecular formula is C27H58N2S2. The molecule has 0 rings (SSSR count). The largest absolute Gasteiger partial charge is 0.411 e. The van der Waals surface area contributed by atoms with Crippen LogP contribution in [-0.4, -0.2) is 54.0 Å². The lowest BCUT2D eigenvalue weighted by molar-refractivity contribution is -0.890. The van der Waals surface area contributed by atoms with E-state index in [1.54, 1.807) is 0 Å². The van der Waals surface area contributed by atoms with Crippen LogP contribution in [0.1, 0.15) is 130 Å². The van der Waals surface area contributed by atoms with Crippen LogP contribution >= 0.6 is 12.2 Å². The maximum Gasteiger partial charge on any atom is 0.0782 e. The number of quaternary nitrogens is 1. The first kappa shape index (κ1) is 33.2. The van der Waals surface area contributed by atoms with Crippen LogP contribution in [0.3, 0.4) is 0 Å². The fraction of sp³-hybridized carbons (Fsp3) is 0.963. The second-order valence-corrected chi connectivity index (χ2v) is 10.8. The summed E-state index contributed by atoms with van der Waals surface area (Å²) < 4.78 is 1.82. The van der Waals surface area contributed by atoms with Gasteiger partial charge in [-0.1, -0.05) is 95.2 Å². The van der Waals surface area contributed by atoms with Crippen molar-refractivity contribution >= 4 is 29.2 Å². The Labute approximate surface area is 208 Å². The van der Waals surface area contributed by atoms with Gasteiger partial charge in [0.05, 0.1) is 27.2 Å². The molecule has 0 N–H and O–H groups in total. The van der Waals surface area contributed by atoms with Gasteiger partial charge in [-0.2, -0.15) is 0 Å². The second kappa shape index (κ2) is 24.7. The monoisotopic (exact) mass is 474 g/mol. The fourth-order valence-corrected chi connectivity index (χ4v) is 4.46. The Morgan fingerprint density at radius 1 is 0.581 bits per heavy atom. The lowest BCUT2D eigenvalue weighted by atomic mass is 10.1. The molecule has 4 heteroatoms. The molecule has 0 fully saturated rings. The molecule has 0 saturated carbocycles. The fourth-order valence-electron chi connectivity index (χ4n) is 3.94. The van der Waals surface area contributed by atoms with E-state index in [-0.39, 0.29) is 0 Å². The van der Waals surface area contributed by atoms with E-state index in [1.165, 1.54) is 120 Å². The van der Waals surface area contributed by atoms with Crippen molar-refractivity contribution in [1.82, 2.24) is 4.90 Å². The Hall–Kier alpha value is 0.0700. The zero-order valence-corrected chi connectivity index (χ0v) is 24.0. The lowest BCUT2D eigenvalue weighted by Gasteiger charge is -2.30. The number of hydrogen-bond acceptors (Lipinski definition) is 2. The van der Waals surface area contributed by atoms with Crippen LogP contribution in [0.25, 0.3) is 0 Å². The Morgan fingerprint density at radius 3 is 1.10 bits per heavy atom. The average Bonchev–Trinajstić information content (AvgIpc) is 2.73. The Morgan fingerprint density at radius 2 is 0.871 bits per heavy atom. The molecule has 0 spiro atoms. The van der Waals surface area contributed by atoms with Crippen LogP contribution in [0, 0.1) is 0 Å². The van der Waals surface area contributed by atoms with Gasteiger partial charge in [-0.15, -0.1) is 0 Å².